The highest BCUT2D eigenvalue weighted by Gasteiger charge is 2.45. The van der Waals surface area contributed by atoms with Crippen molar-refractivity contribution in [2.24, 2.45) is 5.41 Å². The van der Waals surface area contributed by atoms with Gasteiger partial charge in [0.1, 0.15) is 11.6 Å². The number of rotatable bonds is 2. The number of nitrogens with two attached hydrogens (primary N) is 1. The normalized spacial score (nSPS) is 24.0. The zero-order valence-electron chi connectivity index (χ0n) is 7.91. The predicted molar refractivity (Wildman–Crippen MR) is 52.3 cm³/mol. The fraction of sp³-hybridized carbons (Fsp3) is 0.556. The van der Waals surface area contributed by atoms with Crippen LogP contribution in [0.25, 0.3) is 0 Å². The predicted octanol–water partition coefficient (Wildman–Crippen LogP) is 1.27. The van der Waals surface area contributed by atoms with Crippen LogP contribution in [0.1, 0.15) is 20.3 Å². The zero-order chi connectivity index (χ0) is 9.47. The molecular weight excluding hydrogens is 164 g/mol. The molecule has 4 nitrogen and oxygen atoms in total. The Bertz CT molecular complexity index is 304. The quantitative estimate of drug-likeness (QED) is 0.715. The summed E-state index contributed by atoms with van der Waals surface area (Å²) in [5, 5.41) is 3.30. The third-order valence-electron chi connectivity index (χ3n) is 2.51. The lowest BCUT2D eigenvalue weighted by Crippen LogP contribution is -2.10. The van der Waals surface area contributed by atoms with E-state index < -0.39 is 0 Å². The maximum atomic E-state index is 5.43. The topological polar surface area (TPSA) is 63.8 Å². The van der Waals surface area contributed by atoms with Gasteiger partial charge in [-0.2, -0.15) is 0 Å². The second-order valence-electron chi connectivity index (χ2n) is 4.22. The first kappa shape index (κ1) is 8.29. The van der Waals surface area contributed by atoms with Gasteiger partial charge < -0.3 is 11.1 Å². The van der Waals surface area contributed by atoms with E-state index in [4.69, 9.17) is 5.73 Å². The summed E-state index contributed by atoms with van der Waals surface area (Å²) in [6.07, 6.45) is 4.43. The summed E-state index contributed by atoms with van der Waals surface area (Å²) in [5.74, 6) is 1.27. The molecule has 0 aromatic carbocycles. The monoisotopic (exact) mass is 178 g/mol. The van der Waals surface area contributed by atoms with E-state index in [1.165, 1.54) is 6.42 Å². The molecule has 1 aliphatic carbocycles. The summed E-state index contributed by atoms with van der Waals surface area (Å²) in [5.41, 5.74) is 5.83. The Balaban J connectivity index is 2.00. The number of nitrogens with zero attached hydrogens (tertiary/aromatic N) is 2. The molecule has 0 bridgehead atoms. The molecule has 1 atom stereocenters. The summed E-state index contributed by atoms with van der Waals surface area (Å²) >= 11 is 0. The molecule has 2 rings (SSSR count). The lowest BCUT2D eigenvalue weighted by Gasteiger charge is -2.06. The van der Waals surface area contributed by atoms with E-state index in [2.05, 4.69) is 29.1 Å². The third kappa shape index (κ3) is 1.71. The highest BCUT2D eigenvalue weighted by atomic mass is 15.1. The molecule has 1 unspecified atom stereocenters. The van der Waals surface area contributed by atoms with Crippen molar-refractivity contribution in [1.82, 2.24) is 9.97 Å². The summed E-state index contributed by atoms with van der Waals surface area (Å²) in [7, 11) is 0. The number of hydrogen-bond donors (Lipinski definition) is 2. The second kappa shape index (κ2) is 2.58. The van der Waals surface area contributed by atoms with E-state index in [9.17, 15) is 0 Å². The summed E-state index contributed by atoms with van der Waals surface area (Å²) in [6.45, 7) is 4.46. The van der Waals surface area contributed by atoms with Crippen molar-refractivity contribution in [3.05, 3.63) is 12.4 Å². The van der Waals surface area contributed by atoms with Crippen LogP contribution >= 0.6 is 0 Å². The van der Waals surface area contributed by atoms with Crippen LogP contribution in [-0.2, 0) is 0 Å². The van der Waals surface area contributed by atoms with Crippen LogP contribution in [0.4, 0.5) is 11.6 Å². The first-order valence-electron chi connectivity index (χ1n) is 4.42. The van der Waals surface area contributed by atoms with E-state index in [0.29, 0.717) is 17.3 Å². The molecule has 0 amide bonds. The maximum absolute atomic E-state index is 5.43. The van der Waals surface area contributed by atoms with Crippen LogP contribution in [0.5, 0.6) is 0 Å². The zero-order valence-corrected chi connectivity index (χ0v) is 7.91. The van der Waals surface area contributed by atoms with Crippen LogP contribution in [0.2, 0.25) is 0 Å². The fourth-order valence-corrected chi connectivity index (χ4v) is 1.30. The lowest BCUT2D eigenvalue weighted by molar-refractivity contribution is 0.630. The molecule has 0 spiro atoms. The van der Waals surface area contributed by atoms with Gasteiger partial charge in [0.2, 0.25) is 0 Å². The Morgan fingerprint density at radius 3 is 2.62 bits per heavy atom. The van der Waals surface area contributed by atoms with E-state index in [-0.39, 0.29) is 0 Å². The summed E-state index contributed by atoms with van der Waals surface area (Å²) in [6, 6.07) is 0.533. The van der Waals surface area contributed by atoms with Gasteiger partial charge in [0, 0.05) is 6.04 Å². The van der Waals surface area contributed by atoms with E-state index in [0.717, 1.165) is 5.82 Å². The van der Waals surface area contributed by atoms with Crippen LogP contribution in [-0.4, -0.2) is 16.0 Å². The van der Waals surface area contributed by atoms with Gasteiger partial charge in [0.05, 0.1) is 12.4 Å². The maximum Gasteiger partial charge on any atom is 0.144 e. The molecule has 0 saturated heterocycles. The van der Waals surface area contributed by atoms with Crippen molar-refractivity contribution in [3.63, 3.8) is 0 Å². The fourth-order valence-electron chi connectivity index (χ4n) is 1.30. The number of hydrogen-bond acceptors (Lipinski definition) is 4. The molecule has 1 heterocycles. The highest BCUT2D eigenvalue weighted by Crippen LogP contribution is 2.46. The summed E-state index contributed by atoms with van der Waals surface area (Å²) < 4.78 is 0. The third-order valence-corrected chi connectivity index (χ3v) is 2.51. The number of nitrogen functional groups attached to an aromatic ring is 1. The SMILES string of the molecule is CC1(C)CC1Nc1cnc(N)cn1. The van der Waals surface area contributed by atoms with Gasteiger partial charge in [0.25, 0.3) is 0 Å². The van der Waals surface area contributed by atoms with Crippen molar-refractivity contribution in [2.45, 2.75) is 26.3 Å². The van der Waals surface area contributed by atoms with Crippen LogP contribution in [0, 0.1) is 5.41 Å². The molecule has 1 saturated carbocycles. The number of anilines is 2. The van der Waals surface area contributed by atoms with Gasteiger partial charge >= 0.3 is 0 Å². The van der Waals surface area contributed by atoms with Crippen LogP contribution < -0.4 is 11.1 Å². The highest BCUT2D eigenvalue weighted by molar-refractivity contribution is 5.39. The minimum atomic E-state index is 0.406. The molecule has 1 fully saturated rings. The number of aromatic nitrogens is 2. The van der Waals surface area contributed by atoms with Crippen LogP contribution in [0.3, 0.4) is 0 Å². The summed E-state index contributed by atoms with van der Waals surface area (Å²) in [4.78, 5) is 8.09. The molecule has 3 N–H and O–H groups in total. The Morgan fingerprint density at radius 2 is 2.15 bits per heavy atom. The smallest absolute Gasteiger partial charge is 0.144 e. The first-order chi connectivity index (χ1) is 6.08. The van der Waals surface area contributed by atoms with Gasteiger partial charge in [-0.25, -0.2) is 9.97 Å². The average Bonchev–Trinajstić information content (AvgIpc) is 2.64. The van der Waals surface area contributed by atoms with Gasteiger partial charge in [0.15, 0.2) is 0 Å². The minimum Gasteiger partial charge on any atom is -0.382 e. The van der Waals surface area contributed by atoms with Gasteiger partial charge in [-0.15, -0.1) is 0 Å². The molecular formula is C9H14N4. The van der Waals surface area contributed by atoms with E-state index in [1.807, 2.05) is 0 Å². The van der Waals surface area contributed by atoms with Gasteiger partial charge in [-0.05, 0) is 11.8 Å². The molecule has 1 aliphatic rings. The second-order valence-corrected chi connectivity index (χ2v) is 4.22. The van der Waals surface area contributed by atoms with Gasteiger partial charge in [-0.3, -0.25) is 0 Å². The molecule has 1 aromatic heterocycles. The van der Waals surface area contributed by atoms with Crippen molar-refractivity contribution in [1.29, 1.82) is 0 Å². The van der Waals surface area contributed by atoms with Crippen LogP contribution in [0.15, 0.2) is 12.4 Å². The Kier molecular flexibility index (Phi) is 1.65. The average molecular weight is 178 g/mol. The van der Waals surface area contributed by atoms with Crippen molar-refractivity contribution in [2.75, 3.05) is 11.1 Å². The van der Waals surface area contributed by atoms with E-state index >= 15 is 0 Å². The standard InChI is InChI=1S/C9H14N4/c1-9(2)3-6(9)13-8-5-11-7(10)4-12-8/h4-6H,3H2,1-2H3,(H2,10,11)(H,12,13). The van der Waals surface area contributed by atoms with Gasteiger partial charge in [-0.1, -0.05) is 13.8 Å². The van der Waals surface area contributed by atoms with Crippen molar-refractivity contribution < 1.29 is 0 Å². The molecule has 0 radical (unpaired) electrons. The number of nitrogens with one attached hydrogen (secondary N) is 1. The lowest BCUT2D eigenvalue weighted by atomic mass is 10.2. The first-order valence-corrected chi connectivity index (χ1v) is 4.42. The Hall–Kier alpha value is -1.32. The Morgan fingerprint density at radius 1 is 1.46 bits per heavy atom. The molecule has 1 aromatic rings. The van der Waals surface area contributed by atoms with Crippen molar-refractivity contribution in [3.8, 4) is 0 Å². The van der Waals surface area contributed by atoms with E-state index in [1.54, 1.807) is 12.4 Å². The molecule has 70 valence electrons. The Labute approximate surface area is 77.6 Å². The largest absolute Gasteiger partial charge is 0.382 e. The molecule has 13 heavy (non-hydrogen) atoms. The molecule has 0 aliphatic heterocycles. The molecule has 4 heteroatoms. The minimum absolute atomic E-state index is 0.406. The van der Waals surface area contributed by atoms with Crippen molar-refractivity contribution >= 4 is 11.6 Å².